The largest absolute Gasteiger partial charge is 0.495 e. The Balaban J connectivity index is 1.94. The van der Waals surface area contributed by atoms with Crippen LogP contribution in [-0.2, 0) is 6.54 Å². The third-order valence-corrected chi connectivity index (χ3v) is 5.42. The predicted molar refractivity (Wildman–Crippen MR) is 104 cm³/mol. The number of halogens is 3. The van der Waals surface area contributed by atoms with Gasteiger partial charge in [0, 0.05) is 33.1 Å². The Kier molecular flexibility index (Phi) is 5.70. The maximum Gasteiger partial charge on any atom is 0.189 e. The van der Waals surface area contributed by atoms with Gasteiger partial charge in [0.25, 0.3) is 0 Å². The predicted octanol–water partition coefficient (Wildman–Crippen LogP) is 4.58. The number of aromatic nitrogens is 3. The van der Waals surface area contributed by atoms with E-state index >= 15 is 0 Å². The maximum atomic E-state index is 14.6. The minimum Gasteiger partial charge on any atom is -0.495 e. The van der Waals surface area contributed by atoms with Gasteiger partial charge >= 0.3 is 0 Å². The summed E-state index contributed by atoms with van der Waals surface area (Å²) < 4.78 is 26.5. The number of nitrogens with zero attached hydrogens (tertiary/aromatic N) is 3. The van der Waals surface area contributed by atoms with E-state index in [1.54, 1.807) is 16.8 Å². The first kappa shape index (κ1) is 19.0. The second kappa shape index (κ2) is 7.82. The summed E-state index contributed by atoms with van der Waals surface area (Å²) in [5.41, 5.74) is 1.48. The van der Waals surface area contributed by atoms with Gasteiger partial charge in [-0.3, -0.25) is 0 Å². The van der Waals surface area contributed by atoms with E-state index in [1.165, 1.54) is 20.3 Å². The van der Waals surface area contributed by atoms with Crippen molar-refractivity contribution in [2.75, 3.05) is 26.2 Å². The standard InChI is InChI=1S/C16H16Cl2FN4O2P/c1-24-10-4-11(25-2)14(19)15(13(10)18)20-5-8-6-21-16-9(12(8)17)7-22-23(16)26-3/h4,6-7,20,26H,5H2,1-3H3. The van der Waals surface area contributed by atoms with E-state index in [1.807, 2.05) is 6.66 Å². The number of methoxy groups -OCH3 is 2. The molecule has 1 unspecified atom stereocenters. The van der Waals surface area contributed by atoms with Crippen LogP contribution in [0.15, 0.2) is 18.5 Å². The fraction of sp³-hybridized carbons (Fsp3) is 0.250. The van der Waals surface area contributed by atoms with E-state index in [2.05, 4.69) is 15.4 Å². The normalized spacial score (nSPS) is 11.5. The van der Waals surface area contributed by atoms with Crippen molar-refractivity contribution < 1.29 is 13.9 Å². The SMILES string of the molecule is COc1cc(OC)c(Cl)c(NCc2cnc3c(cnn3PC)c2Cl)c1F. The first-order valence-electron chi connectivity index (χ1n) is 7.54. The molecule has 0 aliphatic heterocycles. The number of fused-ring (bicyclic) bond motifs is 1. The van der Waals surface area contributed by atoms with Crippen LogP contribution >= 0.6 is 31.9 Å². The van der Waals surface area contributed by atoms with Crippen molar-refractivity contribution in [1.82, 2.24) is 14.5 Å². The highest BCUT2D eigenvalue weighted by atomic mass is 35.5. The summed E-state index contributed by atoms with van der Waals surface area (Å²) in [6.07, 6.45) is 3.31. The van der Waals surface area contributed by atoms with Crippen molar-refractivity contribution in [3.05, 3.63) is 39.9 Å². The van der Waals surface area contributed by atoms with E-state index < -0.39 is 5.82 Å². The molecule has 0 saturated carbocycles. The van der Waals surface area contributed by atoms with Crippen LogP contribution in [0.3, 0.4) is 0 Å². The van der Waals surface area contributed by atoms with Crippen molar-refractivity contribution in [2.45, 2.75) is 6.54 Å². The van der Waals surface area contributed by atoms with Crippen LogP contribution in [-0.4, -0.2) is 35.4 Å². The molecule has 0 aliphatic rings. The van der Waals surface area contributed by atoms with Gasteiger partial charge in [0.2, 0.25) is 0 Å². The van der Waals surface area contributed by atoms with Crippen molar-refractivity contribution >= 4 is 48.7 Å². The van der Waals surface area contributed by atoms with Gasteiger partial charge in [-0.1, -0.05) is 23.2 Å². The molecule has 2 heterocycles. The molecule has 138 valence electrons. The maximum absolute atomic E-state index is 14.6. The van der Waals surface area contributed by atoms with Gasteiger partial charge in [0.1, 0.15) is 10.8 Å². The average molecular weight is 417 g/mol. The van der Waals surface area contributed by atoms with Crippen molar-refractivity contribution in [2.24, 2.45) is 0 Å². The Labute approximate surface area is 161 Å². The molecular weight excluding hydrogens is 401 g/mol. The van der Waals surface area contributed by atoms with Crippen LogP contribution in [0.2, 0.25) is 10.0 Å². The lowest BCUT2D eigenvalue weighted by atomic mass is 10.2. The third kappa shape index (κ3) is 3.27. The molecule has 10 heteroatoms. The third-order valence-electron chi connectivity index (χ3n) is 3.85. The molecule has 2 aromatic heterocycles. The van der Waals surface area contributed by atoms with Gasteiger partial charge in [-0.05, 0) is 6.66 Å². The number of pyridine rings is 1. The van der Waals surface area contributed by atoms with Crippen LogP contribution in [0, 0.1) is 5.82 Å². The fourth-order valence-electron chi connectivity index (χ4n) is 2.50. The average Bonchev–Trinajstić information content (AvgIpc) is 3.07. The fourth-order valence-corrected chi connectivity index (χ4v) is 3.59. The van der Waals surface area contributed by atoms with Gasteiger partial charge in [-0.2, -0.15) is 5.10 Å². The number of ether oxygens (including phenoxy) is 2. The highest BCUT2D eigenvalue weighted by molar-refractivity contribution is 7.35. The van der Waals surface area contributed by atoms with Gasteiger partial charge in [-0.25, -0.2) is 13.8 Å². The second-order valence-electron chi connectivity index (χ2n) is 5.25. The molecular formula is C16H16Cl2FN4O2P. The molecule has 0 radical (unpaired) electrons. The molecule has 1 atom stereocenters. The van der Waals surface area contributed by atoms with E-state index in [0.717, 1.165) is 5.39 Å². The molecule has 3 rings (SSSR count). The summed E-state index contributed by atoms with van der Waals surface area (Å²) in [6.45, 7) is 2.22. The van der Waals surface area contributed by atoms with Gasteiger partial charge in [-0.15, -0.1) is 0 Å². The van der Waals surface area contributed by atoms with Crippen molar-refractivity contribution in [3.63, 3.8) is 0 Å². The van der Waals surface area contributed by atoms with Crippen LogP contribution in [0.5, 0.6) is 11.5 Å². The van der Waals surface area contributed by atoms with Crippen LogP contribution in [0.4, 0.5) is 10.1 Å². The van der Waals surface area contributed by atoms with Crippen LogP contribution in [0.25, 0.3) is 11.0 Å². The number of nitrogens with one attached hydrogen (secondary N) is 1. The summed E-state index contributed by atoms with van der Waals surface area (Å²) in [5.74, 6) is -0.278. The van der Waals surface area contributed by atoms with Gasteiger partial charge < -0.3 is 14.8 Å². The first-order valence-corrected chi connectivity index (χ1v) is 9.74. The molecule has 6 nitrogen and oxygen atoms in total. The molecule has 0 spiro atoms. The molecule has 0 fully saturated rings. The number of anilines is 1. The molecule has 0 amide bonds. The Hall–Kier alpha value is -1.82. The number of benzene rings is 1. The zero-order valence-corrected chi connectivity index (χ0v) is 16.7. The minimum absolute atomic E-state index is 0.0265. The number of hydrogen-bond acceptors (Lipinski definition) is 5. The smallest absolute Gasteiger partial charge is 0.189 e. The van der Waals surface area contributed by atoms with Crippen molar-refractivity contribution in [1.29, 1.82) is 0 Å². The summed E-state index contributed by atoms with van der Waals surface area (Å²) in [6, 6.07) is 1.39. The molecule has 0 saturated heterocycles. The Morgan fingerprint density at radius 2 is 1.92 bits per heavy atom. The molecule has 26 heavy (non-hydrogen) atoms. The van der Waals surface area contributed by atoms with E-state index in [9.17, 15) is 4.39 Å². The lowest BCUT2D eigenvalue weighted by molar-refractivity contribution is 0.375. The van der Waals surface area contributed by atoms with Crippen molar-refractivity contribution in [3.8, 4) is 11.5 Å². The molecule has 1 aromatic carbocycles. The van der Waals surface area contributed by atoms with Crippen LogP contribution < -0.4 is 14.8 Å². The van der Waals surface area contributed by atoms with E-state index in [0.29, 0.717) is 30.7 Å². The summed E-state index contributed by atoms with van der Waals surface area (Å²) in [7, 11) is 3.27. The minimum atomic E-state index is -0.608. The Bertz CT molecular complexity index is 939. The number of hydrogen-bond donors (Lipinski definition) is 1. The Morgan fingerprint density at radius 1 is 1.19 bits per heavy atom. The molecule has 0 bridgehead atoms. The van der Waals surface area contributed by atoms with E-state index in [4.69, 9.17) is 32.7 Å². The monoisotopic (exact) mass is 416 g/mol. The lowest BCUT2D eigenvalue weighted by Crippen LogP contribution is -2.06. The van der Waals surface area contributed by atoms with Gasteiger partial charge in [0.05, 0.1) is 36.5 Å². The zero-order chi connectivity index (χ0) is 18.8. The summed E-state index contributed by atoms with van der Waals surface area (Å²) in [4.78, 5) is 4.40. The summed E-state index contributed by atoms with van der Waals surface area (Å²) >= 11 is 12.7. The Morgan fingerprint density at radius 3 is 2.58 bits per heavy atom. The zero-order valence-electron chi connectivity index (χ0n) is 14.2. The lowest BCUT2D eigenvalue weighted by Gasteiger charge is -2.15. The topological polar surface area (TPSA) is 61.2 Å². The highest BCUT2D eigenvalue weighted by Gasteiger charge is 2.19. The second-order valence-corrected chi connectivity index (χ2v) is 6.88. The van der Waals surface area contributed by atoms with Crippen LogP contribution in [0.1, 0.15) is 5.56 Å². The number of rotatable bonds is 6. The molecule has 0 aliphatic carbocycles. The quantitative estimate of drug-likeness (QED) is 0.596. The molecule has 3 aromatic rings. The first-order chi connectivity index (χ1) is 12.5. The van der Waals surface area contributed by atoms with E-state index in [-0.39, 0.29) is 23.0 Å². The van der Waals surface area contributed by atoms with Gasteiger partial charge in [0.15, 0.2) is 17.2 Å². The summed E-state index contributed by atoms with van der Waals surface area (Å²) in [5, 5.41) is 8.59. The highest BCUT2D eigenvalue weighted by Crippen LogP contribution is 2.40. The molecule has 1 N–H and O–H groups in total.